The molecule has 1 aromatic rings. The molecule has 1 heterocycles. The third-order valence-corrected chi connectivity index (χ3v) is 4.14. The van der Waals surface area contributed by atoms with Crippen molar-refractivity contribution in [1.29, 1.82) is 0 Å². The first kappa shape index (κ1) is 15.3. The second kappa shape index (κ2) is 5.74. The fourth-order valence-electron chi connectivity index (χ4n) is 2.61. The largest absolute Gasteiger partial charge is 0.350 e. The molecule has 0 spiro atoms. The van der Waals surface area contributed by atoms with Crippen molar-refractivity contribution in [3.63, 3.8) is 0 Å². The van der Waals surface area contributed by atoms with E-state index in [4.69, 9.17) is 23.2 Å². The number of halogens is 2. The monoisotopic (exact) mass is 312 g/mol. The van der Waals surface area contributed by atoms with E-state index < -0.39 is 0 Å². The van der Waals surface area contributed by atoms with E-state index in [0.717, 1.165) is 11.4 Å². The molecule has 0 aliphatic heterocycles. The van der Waals surface area contributed by atoms with Gasteiger partial charge in [0, 0.05) is 5.69 Å². The van der Waals surface area contributed by atoms with Crippen molar-refractivity contribution in [2.45, 2.75) is 27.3 Å². The maximum absolute atomic E-state index is 12.2. The van der Waals surface area contributed by atoms with Gasteiger partial charge in [0.1, 0.15) is 4.49 Å². The fourth-order valence-corrected chi connectivity index (χ4v) is 2.88. The van der Waals surface area contributed by atoms with Crippen molar-refractivity contribution in [2.75, 3.05) is 0 Å². The number of allylic oxidation sites excluding steroid dienone is 1. The number of hydrogen-bond acceptors (Lipinski definition) is 2. The summed E-state index contributed by atoms with van der Waals surface area (Å²) in [6.07, 6.45) is 1.75. The Morgan fingerprint density at radius 3 is 2.75 bits per heavy atom. The highest BCUT2D eigenvalue weighted by Gasteiger charge is 2.60. The third kappa shape index (κ3) is 3.33. The van der Waals surface area contributed by atoms with Crippen molar-refractivity contribution in [2.24, 2.45) is 17.3 Å². The minimum absolute atomic E-state index is 0.0224. The molecule has 1 aliphatic rings. The number of rotatable bonds is 4. The van der Waals surface area contributed by atoms with Crippen LogP contribution in [0.25, 0.3) is 0 Å². The van der Waals surface area contributed by atoms with Crippen molar-refractivity contribution in [1.82, 2.24) is 10.3 Å². The van der Waals surface area contributed by atoms with Gasteiger partial charge in [-0.2, -0.15) is 0 Å². The Morgan fingerprint density at radius 2 is 2.15 bits per heavy atom. The van der Waals surface area contributed by atoms with Crippen molar-refractivity contribution >= 4 is 29.1 Å². The molecule has 0 aromatic carbocycles. The lowest BCUT2D eigenvalue weighted by molar-refractivity contribution is -0.123. The Bertz CT molecular complexity index is 551. The Balaban J connectivity index is 1.95. The Morgan fingerprint density at radius 1 is 1.45 bits per heavy atom. The summed E-state index contributed by atoms with van der Waals surface area (Å²) in [6.45, 7) is 6.46. The van der Waals surface area contributed by atoms with E-state index in [9.17, 15) is 4.79 Å². The SMILES string of the molecule is Cc1cccc(CNC(=O)C2C(C=C(Cl)Cl)C2(C)C)n1. The zero-order valence-electron chi connectivity index (χ0n) is 11.8. The average molecular weight is 313 g/mol. The van der Waals surface area contributed by atoms with Gasteiger partial charge in [-0.05, 0) is 36.5 Å². The van der Waals surface area contributed by atoms with Crippen LogP contribution in [0.15, 0.2) is 28.8 Å². The molecular weight excluding hydrogens is 295 g/mol. The number of pyridine rings is 1. The molecular formula is C15H18Cl2N2O. The molecule has 1 aromatic heterocycles. The molecule has 1 amide bonds. The first-order valence-electron chi connectivity index (χ1n) is 6.55. The molecule has 5 heteroatoms. The van der Waals surface area contributed by atoms with E-state index in [2.05, 4.69) is 10.3 Å². The maximum atomic E-state index is 12.2. The summed E-state index contributed by atoms with van der Waals surface area (Å²) in [4.78, 5) is 16.6. The smallest absolute Gasteiger partial charge is 0.224 e. The summed E-state index contributed by atoms with van der Waals surface area (Å²) in [5.41, 5.74) is 1.71. The lowest BCUT2D eigenvalue weighted by atomic mass is 10.1. The van der Waals surface area contributed by atoms with Crippen LogP contribution in [0.1, 0.15) is 25.2 Å². The maximum Gasteiger partial charge on any atom is 0.224 e. The summed E-state index contributed by atoms with van der Waals surface area (Å²) in [6, 6.07) is 5.76. The van der Waals surface area contributed by atoms with Crippen molar-refractivity contribution < 1.29 is 4.79 Å². The van der Waals surface area contributed by atoms with Crippen molar-refractivity contribution in [3.8, 4) is 0 Å². The predicted octanol–water partition coefficient (Wildman–Crippen LogP) is 3.60. The molecule has 1 N–H and O–H groups in total. The predicted molar refractivity (Wildman–Crippen MR) is 81.4 cm³/mol. The first-order valence-corrected chi connectivity index (χ1v) is 7.31. The van der Waals surface area contributed by atoms with E-state index in [-0.39, 0.29) is 27.6 Å². The van der Waals surface area contributed by atoms with Gasteiger partial charge in [0.2, 0.25) is 5.91 Å². The zero-order valence-corrected chi connectivity index (χ0v) is 13.3. The molecule has 1 fully saturated rings. The van der Waals surface area contributed by atoms with Crippen LogP contribution in [0.3, 0.4) is 0 Å². The van der Waals surface area contributed by atoms with Gasteiger partial charge in [-0.1, -0.05) is 43.1 Å². The van der Waals surface area contributed by atoms with Crippen LogP contribution in [-0.2, 0) is 11.3 Å². The van der Waals surface area contributed by atoms with E-state index in [1.54, 1.807) is 6.08 Å². The molecule has 108 valence electrons. The standard InChI is InChI=1S/C15H18Cl2N2O/c1-9-5-4-6-10(19-9)8-18-14(20)13-11(7-12(16)17)15(13,2)3/h4-7,11,13H,8H2,1-3H3,(H,18,20). The van der Waals surface area contributed by atoms with Gasteiger partial charge in [-0.15, -0.1) is 0 Å². The van der Waals surface area contributed by atoms with Crippen LogP contribution in [0.5, 0.6) is 0 Å². The highest BCUT2D eigenvalue weighted by atomic mass is 35.5. The topological polar surface area (TPSA) is 42.0 Å². The highest BCUT2D eigenvalue weighted by Crippen LogP contribution is 2.59. The van der Waals surface area contributed by atoms with Crippen LogP contribution in [-0.4, -0.2) is 10.9 Å². The summed E-state index contributed by atoms with van der Waals surface area (Å²) in [7, 11) is 0. The third-order valence-electron chi connectivity index (χ3n) is 3.89. The minimum Gasteiger partial charge on any atom is -0.350 e. The summed E-state index contributed by atoms with van der Waals surface area (Å²) >= 11 is 11.4. The molecule has 2 unspecified atom stereocenters. The summed E-state index contributed by atoms with van der Waals surface area (Å²) < 4.78 is 0.221. The van der Waals surface area contributed by atoms with Gasteiger partial charge in [0.05, 0.1) is 18.2 Å². The van der Waals surface area contributed by atoms with Crippen LogP contribution in [0.4, 0.5) is 0 Å². The molecule has 0 radical (unpaired) electrons. The summed E-state index contributed by atoms with van der Waals surface area (Å²) in [5, 5.41) is 2.93. The number of carbonyl (C=O) groups excluding carboxylic acids is 1. The van der Waals surface area contributed by atoms with E-state index in [1.165, 1.54) is 0 Å². The van der Waals surface area contributed by atoms with Crippen LogP contribution < -0.4 is 5.32 Å². The minimum atomic E-state index is -0.0981. The Labute approximate surface area is 129 Å². The molecule has 0 bridgehead atoms. The summed E-state index contributed by atoms with van der Waals surface area (Å²) in [5.74, 6) is 0.0342. The average Bonchev–Trinajstić information content (AvgIpc) is 2.87. The Hall–Kier alpha value is -1.06. The molecule has 1 saturated carbocycles. The normalized spacial score (nSPS) is 23.1. The highest BCUT2D eigenvalue weighted by molar-refractivity contribution is 6.55. The quantitative estimate of drug-likeness (QED) is 0.923. The number of carbonyl (C=O) groups is 1. The second-order valence-electron chi connectivity index (χ2n) is 5.77. The van der Waals surface area contributed by atoms with Gasteiger partial charge in [-0.3, -0.25) is 9.78 Å². The van der Waals surface area contributed by atoms with E-state index >= 15 is 0 Å². The molecule has 2 rings (SSSR count). The van der Waals surface area contributed by atoms with Gasteiger partial charge in [-0.25, -0.2) is 0 Å². The lowest BCUT2D eigenvalue weighted by Gasteiger charge is -2.06. The number of aromatic nitrogens is 1. The lowest BCUT2D eigenvalue weighted by Crippen LogP contribution is -2.26. The zero-order chi connectivity index (χ0) is 14.9. The molecule has 0 saturated heterocycles. The van der Waals surface area contributed by atoms with Gasteiger partial charge in [0.25, 0.3) is 0 Å². The van der Waals surface area contributed by atoms with E-state index in [0.29, 0.717) is 6.54 Å². The number of amides is 1. The number of nitrogens with one attached hydrogen (secondary N) is 1. The van der Waals surface area contributed by atoms with Crippen molar-refractivity contribution in [3.05, 3.63) is 40.2 Å². The second-order valence-corrected chi connectivity index (χ2v) is 6.78. The van der Waals surface area contributed by atoms with Crippen LogP contribution in [0.2, 0.25) is 0 Å². The number of nitrogens with zero attached hydrogens (tertiary/aromatic N) is 1. The van der Waals surface area contributed by atoms with Crippen LogP contribution in [0, 0.1) is 24.2 Å². The van der Waals surface area contributed by atoms with Gasteiger partial charge >= 0.3 is 0 Å². The van der Waals surface area contributed by atoms with E-state index in [1.807, 2.05) is 39.0 Å². The fraction of sp³-hybridized carbons (Fsp3) is 0.467. The van der Waals surface area contributed by atoms with Gasteiger partial charge in [0.15, 0.2) is 0 Å². The molecule has 3 nitrogen and oxygen atoms in total. The van der Waals surface area contributed by atoms with Gasteiger partial charge < -0.3 is 5.32 Å². The first-order chi connectivity index (χ1) is 9.32. The molecule has 2 atom stereocenters. The Kier molecular flexibility index (Phi) is 4.40. The molecule has 1 aliphatic carbocycles. The molecule has 20 heavy (non-hydrogen) atoms. The number of aryl methyl sites for hydroxylation is 1. The number of hydrogen-bond donors (Lipinski definition) is 1. The van der Waals surface area contributed by atoms with Crippen LogP contribution >= 0.6 is 23.2 Å².